The molecule has 0 radical (unpaired) electrons. The summed E-state index contributed by atoms with van der Waals surface area (Å²) >= 11 is 0. The molecular formula is C12H14O4. The first-order valence-corrected chi connectivity index (χ1v) is 4.92. The molecule has 1 aromatic rings. The molecule has 1 rings (SSSR count). The first kappa shape index (κ1) is 12.2. The summed E-state index contributed by atoms with van der Waals surface area (Å²) in [7, 11) is 1.27. The van der Waals surface area contributed by atoms with Crippen molar-refractivity contribution in [2.45, 2.75) is 19.4 Å². The van der Waals surface area contributed by atoms with Crippen molar-refractivity contribution in [2.75, 3.05) is 7.11 Å². The van der Waals surface area contributed by atoms with Crippen LogP contribution in [0.25, 0.3) is 0 Å². The number of hydrogen-bond donors (Lipinski definition) is 0. The Labute approximate surface area is 94.2 Å². The molecule has 16 heavy (non-hydrogen) atoms. The zero-order chi connectivity index (χ0) is 12.0. The molecule has 1 aromatic carbocycles. The van der Waals surface area contributed by atoms with Gasteiger partial charge in [0.1, 0.15) is 0 Å². The van der Waals surface area contributed by atoms with Gasteiger partial charge in [-0.25, -0.2) is 4.79 Å². The van der Waals surface area contributed by atoms with E-state index >= 15 is 0 Å². The molecular weight excluding hydrogens is 208 g/mol. The van der Waals surface area contributed by atoms with Crippen molar-refractivity contribution >= 4 is 11.9 Å². The quantitative estimate of drug-likeness (QED) is 0.721. The molecule has 0 aliphatic heterocycles. The third-order valence-electron chi connectivity index (χ3n) is 2.04. The second kappa shape index (κ2) is 5.90. The van der Waals surface area contributed by atoms with E-state index in [-0.39, 0.29) is 0 Å². The zero-order valence-corrected chi connectivity index (χ0v) is 9.30. The highest BCUT2D eigenvalue weighted by Gasteiger charge is 2.22. The molecule has 0 fully saturated rings. The van der Waals surface area contributed by atoms with Crippen LogP contribution in [0.4, 0.5) is 0 Å². The van der Waals surface area contributed by atoms with Crippen molar-refractivity contribution < 1.29 is 19.1 Å². The molecule has 0 unspecified atom stereocenters. The molecule has 0 saturated heterocycles. The zero-order valence-electron chi connectivity index (χ0n) is 9.30. The van der Waals surface area contributed by atoms with Crippen molar-refractivity contribution in [1.29, 1.82) is 0 Å². The van der Waals surface area contributed by atoms with E-state index in [1.165, 1.54) is 14.0 Å². The van der Waals surface area contributed by atoms with Gasteiger partial charge in [0, 0.05) is 13.3 Å². The molecule has 86 valence electrons. The number of carbonyl (C=O) groups is 2. The second-order valence-electron chi connectivity index (χ2n) is 3.31. The van der Waals surface area contributed by atoms with Crippen LogP contribution >= 0.6 is 0 Å². The summed E-state index contributed by atoms with van der Waals surface area (Å²) in [6.07, 6.45) is -0.544. The van der Waals surface area contributed by atoms with Crippen LogP contribution in [-0.2, 0) is 25.5 Å². The summed E-state index contributed by atoms with van der Waals surface area (Å²) in [6, 6.07) is 9.32. The fourth-order valence-corrected chi connectivity index (χ4v) is 1.33. The summed E-state index contributed by atoms with van der Waals surface area (Å²) < 4.78 is 9.46. The maximum absolute atomic E-state index is 11.4. The van der Waals surface area contributed by atoms with E-state index in [0.29, 0.717) is 6.42 Å². The predicted octanol–water partition coefficient (Wildman–Crippen LogP) is 1.33. The molecule has 0 amide bonds. The van der Waals surface area contributed by atoms with Crippen LogP contribution in [0.5, 0.6) is 0 Å². The van der Waals surface area contributed by atoms with E-state index in [1.54, 1.807) is 0 Å². The lowest BCUT2D eigenvalue weighted by Crippen LogP contribution is -2.29. The van der Waals surface area contributed by atoms with E-state index in [1.807, 2.05) is 30.3 Å². The van der Waals surface area contributed by atoms with Crippen molar-refractivity contribution in [3.63, 3.8) is 0 Å². The molecule has 0 aliphatic carbocycles. The Hall–Kier alpha value is -1.84. The normalized spacial score (nSPS) is 11.6. The van der Waals surface area contributed by atoms with Crippen LogP contribution in [0.15, 0.2) is 30.3 Å². The average Bonchev–Trinajstić information content (AvgIpc) is 2.28. The van der Waals surface area contributed by atoms with Crippen molar-refractivity contribution in [2.24, 2.45) is 0 Å². The third-order valence-corrected chi connectivity index (χ3v) is 2.04. The highest BCUT2D eigenvalue weighted by molar-refractivity contribution is 5.78. The van der Waals surface area contributed by atoms with Crippen LogP contribution in [0.3, 0.4) is 0 Å². The monoisotopic (exact) mass is 222 g/mol. The maximum atomic E-state index is 11.4. The summed E-state index contributed by atoms with van der Waals surface area (Å²) in [5, 5.41) is 0. The largest absolute Gasteiger partial charge is 0.466 e. The minimum atomic E-state index is -0.870. The van der Waals surface area contributed by atoms with Crippen molar-refractivity contribution in [3.05, 3.63) is 35.9 Å². The molecule has 0 N–H and O–H groups in total. The fraction of sp³-hybridized carbons (Fsp3) is 0.333. The highest BCUT2D eigenvalue weighted by atomic mass is 16.6. The molecule has 0 heterocycles. The van der Waals surface area contributed by atoms with Gasteiger partial charge in [-0.15, -0.1) is 0 Å². The van der Waals surface area contributed by atoms with Gasteiger partial charge in [-0.1, -0.05) is 30.3 Å². The number of carbonyl (C=O) groups excluding carboxylic acids is 2. The summed E-state index contributed by atoms with van der Waals surface area (Å²) in [5.41, 5.74) is 0.916. The Morgan fingerprint density at radius 1 is 1.25 bits per heavy atom. The third kappa shape index (κ3) is 3.73. The summed E-state index contributed by atoms with van der Waals surface area (Å²) in [4.78, 5) is 22.2. The number of hydrogen-bond acceptors (Lipinski definition) is 4. The smallest absolute Gasteiger partial charge is 0.347 e. The van der Waals surface area contributed by atoms with E-state index in [0.717, 1.165) is 5.56 Å². The fourth-order valence-electron chi connectivity index (χ4n) is 1.33. The van der Waals surface area contributed by atoms with Gasteiger partial charge in [0.15, 0.2) is 0 Å². The van der Waals surface area contributed by atoms with Gasteiger partial charge in [-0.3, -0.25) is 4.79 Å². The number of rotatable bonds is 4. The topological polar surface area (TPSA) is 52.6 Å². The Bertz CT molecular complexity index is 359. The summed E-state index contributed by atoms with van der Waals surface area (Å²) in [6.45, 7) is 1.26. The molecule has 0 spiro atoms. The van der Waals surface area contributed by atoms with Crippen molar-refractivity contribution in [1.82, 2.24) is 0 Å². The first-order valence-electron chi connectivity index (χ1n) is 4.92. The van der Waals surface area contributed by atoms with Crippen LogP contribution in [0.1, 0.15) is 12.5 Å². The minimum Gasteiger partial charge on any atom is -0.466 e. The molecule has 0 bridgehead atoms. The molecule has 4 heteroatoms. The van der Waals surface area contributed by atoms with Crippen LogP contribution in [0.2, 0.25) is 0 Å². The van der Waals surface area contributed by atoms with Gasteiger partial charge >= 0.3 is 11.9 Å². The van der Waals surface area contributed by atoms with Crippen LogP contribution < -0.4 is 0 Å². The predicted molar refractivity (Wildman–Crippen MR) is 57.7 cm³/mol. The molecule has 0 aliphatic rings. The average molecular weight is 222 g/mol. The maximum Gasteiger partial charge on any atom is 0.347 e. The highest BCUT2D eigenvalue weighted by Crippen LogP contribution is 2.07. The van der Waals surface area contributed by atoms with Gasteiger partial charge in [0.05, 0.1) is 7.11 Å². The molecule has 0 saturated carbocycles. The molecule has 0 aromatic heterocycles. The SMILES string of the molecule is COC(=O)[C@H](Cc1ccccc1)OC(C)=O. The standard InChI is InChI=1S/C12H14O4/c1-9(13)16-11(12(14)15-2)8-10-6-4-3-5-7-10/h3-7,11H,8H2,1-2H3/t11-/m0/s1. The Morgan fingerprint density at radius 3 is 2.38 bits per heavy atom. The van der Waals surface area contributed by atoms with E-state index in [9.17, 15) is 9.59 Å². The van der Waals surface area contributed by atoms with E-state index in [4.69, 9.17) is 4.74 Å². The van der Waals surface area contributed by atoms with E-state index in [2.05, 4.69) is 4.74 Å². The van der Waals surface area contributed by atoms with E-state index < -0.39 is 18.0 Å². The Kier molecular flexibility index (Phi) is 4.51. The second-order valence-corrected chi connectivity index (χ2v) is 3.31. The number of ether oxygens (including phenoxy) is 2. The summed E-state index contributed by atoms with van der Waals surface area (Å²) in [5.74, 6) is -1.04. The lowest BCUT2D eigenvalue weighted by atomic mass is 10.1. The van der Waals surface area contributed by atoms with Gasteiger partial charge in [0.25, 0.3) is 0 Å². The van der Waals surface area contributed by atoms with Gasteiger partial charge < -0.3 is 9.47 Å². The van der Waals surface area contributed by atoms with Crippen LogP contribution in [0, 0.1) is 0 Å². The Balaban J connectivity index is 2.70. The first-order chi connectivity index (χ1) is 7.63. The molecule has 1 atom stereocenters. The number of methoxy groups -OCH3 is 1. The Morgan fingerprint density at radius 2 is 1.88 bits per heavy atom. The van der Waals surface area contributed by atoms with Gasteiger partial charge in [-0.05, 0) is 5.56 Å². The molecule has 4 nitrogen and oxygen atoms in total. The number of benzene rings is 1. The van der Waals surface area contributed by atoms with Gasteiger partial charge in [-0.2, -0.15) is 0 Å². The van der Waals surface area contributed by atoms with Gasteiger partial charge in [0.2, 0.25) is 6.10 Å². The minimum absolute atomic E-state index is 0.326. The van der Waals surface area contributed by atoms with Crippen LogP contribution in [-0.4, -0.2) is 25.2 Å². The number of esters is 2. The lowest BCUT2D eigenvalue weighted by molar-refractivity contribution is -0.164. The van der Waals surface area contributed by atoms with Crippen molar-refractivity contribution in [3.8, 4) is 0 Å². The lowest BCUT2D eigenvalue weighted by Gasteiger charge is -2.14.